The van der Waals surface area contributed by atoms with Gasteiger partial charge in [-0.1, -0.05) is 41.5 Å². The summed E-state index contributed by atoms with van der Waals surface area (Å²) in [6.07, 6.45) is 1.70. The first kappa shape index (κ1) is 35.8. The number of carbonyl (C=O) groups is 2. The summed E-state index contributed by atoms with van der Waals surface area (Å²) in [5.74, 6) is -0.0820. The van der Waals surface area contributed by atoms with E-state index in [0.29, 0.717) is 6.61 Å². The number of rotatable bonds is 11. The van der Waals surface area contributed by atoms with Crippen LogP contribution in [0.1, 0.15) is 41.5 Å². The number of hydrogen-bond acceptors (Lipinski definition) is 11. The molecule has 0 radical (unpaired) electrons. The zero-order chi connectivity index (χ0) is 28.9. The Bertz CT molecular complexity index is 740. The quantitative estimate of drug-likeness (QED) is 0.273. The number of carbonyl (C=O) groups excluding carboxylic acids is 2. The third-order valence-electron chi connectivity index (χ3n) is 6.59. The van der Waals surface area contributed by atoms with E-state index >= 15 is 0 Å². The normalized spacial score (nSPS) is 31.3. The zero-order valence-corrected chi connectivity index (χ0v) is 25.0. The van der Waals surface area contributed by atoms with Crippen LogP contribution in [0.2, 0.25) is 0 Å². The van der Waals surface area contributed by atoms with Crippen LogP contribution in [0.3, 0.4) is 0 Å². The van der Waals surface area contributed by atoms with Gasteiger partial charge in [-0.3, -0.25) is 13.9 Å². The van der Waals surface area contributed by atoms with Crippen LogP contribution in [-0.4, -0.2) is 91.8 Å². The molecule has 7 unspecified atom stereocenters. The van der Waals surface area contributed by atoms with Gasteiger partial charge in [0.05, 0.1) is 31.7 Å². The summed E-state index contributed by atoms with van der Waals surface area (Å²) >= 11 is 0. The first-order chi connectivity index (χ1) is 17.4. The third-order valence-corrected chi connectivity index (χ3v) is 7.86. The molecule has 0 aromatic heterocycles. The fourth-order valence-electron chi connectivity index (χ4n) is 4.07. The maximum Gasteiger partial charge on any atom is 0.395 e. The predicted molar refractivity (Wildman–Crippen MR) is 139 cm³/mol. The highest BCUT2D eigenvalue weighted by Gasteiger charge is 2.53. The summed E-state index contributed by atoms with van der Waals surface area (Å²) in [6, 6.07) is 0.135. The summed E-state index contributed by atoms with van der Waals surface area (Å²) in [7, 11) is 3.40. The van der Waals surface area contributed by atoms with Crippen molar-refractivity contribution in [1.29, 1.82) is 0 Å². The Balaban J connectivity index is 0.000000733. The molecule has 0 aliphatic carbocycles. The lowest BCUT2D eigenvalue weighted by Crippen LogP contribution is -2.61. The molecule has 0 bridgehead atoms. The molecule has 0 amide bonds. The van der Waals surface area contributed by atoms with Crippen LogP contribution in [0, 0.1) is 16.7 Å². The van der Waals surface area contributed by atoms with Crippen molar-refractivity contribution >= 4 is 19.9 Å². The van der Waals surface area contributed by atoms with E-state index in [1.165, 1.54) is 7.11 Å². The second kappa shape index (κ2) is 16.7. The Hall–Kier alpha value is -1.17. The second-order valence-corrected chi connectivity index (χ2v) is 11.3. The molecule has 11 nitrogen and oxygen atoms in total. The second-order valence-electron chi connectivity index (χ2n) is 9.45. The molecule has 0 aromatic rings. The fraction of sp³-hybridized carbons (Fsp3) is 0.840. The van der Waals surface area contributed by atoms with Crippen molar-refractivity contribution in [2.45, 2.75) is 72.2 Å². The lowest BCUT2D eigenvalue weighted by atomic mass is 9.74. The van der Waals surface area contributed by atoms with Gasteiger partial charge in [-0.15, -0.1) is 0 Å². The molecular weight excluding hydrogens is 507 g/mol. The monoisotopic (exact) mass is 554 g/mol. The minimum atomic E-state index is -3.91. The minimum absolute atomic E-state index is 0.0438. The van der Waals surface area contributed by atoms with E-state index < -0.39 is 37.6 Å². The van der Waals surface area contributed by atoms with Crippen LogP contribution in [-0.2, 0) is 51.6 Å². The molecule has 2 heterocycles. The van der Waals surface area contributed by atoms with Crippen LogP contribution in [0.15, 0.2) is 12.3 Å². The first-order valence-electron chi connectivity index (χ1n) is 12.2. The number of aldehydes is 1. The number of ether oxygens (including phenoxy) is 6. The molecule has 0 spiro atoms. The number of allylic oxidation sites excluding steroid dienone is 1. The van der Waals surface area contributed by atoms with E-state index in [2.05, 4.69) is 4.52 Å². The molecule has 12 heteroatoms. The highest BCUT2D eigenvalue weighted by molar-refractivity contribution is 7.69. The fourth-order valence-corrected chi connectivity index (χ4v) is 4.75. The van der Waals surface area contributed by atoms with Crippen molar-refractivity contribution in [1.82, 2.24) is 0 Å². The Morgan fingerprint density at radius 1 is 0.892 bits per heavy atom. The molecule has 2 aliphatic rings. The summed E-state index contributed by atoms with van der Waals surface area (Å²) in [6.45, 7) is 12.7. The van der Waals surface area contributed by atoms with Gasteiger partial charge in [-0.2, -0.15) is 0 Å². The lowest BCUT2D eigenvalue weighted by Gasteiger charge is -2.50. The smallest absolute Gasteiger partial charge is 0.395 e. The first-order valence-corrected chi connectivity index (χ1v) is 13.8. The molecule has 1 saturated heterocycles. The van der Waals surface area contributed by atoms with Crippen LogP contribution >= 0.6 is 7.60 Å². The highest BCUT2D eigenvalue weighted by Crippen LogP contribution is 2.49. The third kappa shape index (κ3) is 9.21. The molecule has 0 saturated carbocycles. The van der Waals surface area contributed by atoms with Crippen LogP contribution in [0.4, 0.5) is 0 Å². The molecule has 218 valence electrons. The molecule has 2 rings (SSSR count). The SMILES string of the molecule is CC.COCC1OC(OP(=O)(C=O)OC)C(OC)C(OC)C1(C)C.COCC1OC=CC(C=O)C1(C)C. The van der Waals surface area contributed by atoms with Crippen molar-refractivity contribution in [2.75, 3.05) is 48.8 Å². The lowest BCUT2D eigenvalue weighted by molar-refractivity contribution is -0.298. The Kier molecular flexibility index (Phi) is 16.2. The van der Waals surface area contributed by atoms with Crippen molar-refractivity contribution < 1.29 is 51.6 Å². The molecule has 37 heavy (non-hydrogen) atoms. The van der Waals surface area contributed by atoms with E-state index in [9.17, 15) is 14.2 Å². The Labute approximate surface area is 222 Å². The Morgan fingerprint density at radius 2 is 1.46 bits per heavy atom. The maximum atomic E-state index is 12.1. The van der Waals surface area contributed by atoms with Crippen LogP contribution in [0.5, 0.6) is 0 Å². The van der Waals surface area contributed by atoms with Gasteiger partial charge in [-0.05, 0) is 6.08 Å². The standard InChI is InChI=1S/C13H25O8P.C10H16O3.C2H6/c1-13(2)9(7-16-3)20-12(10(17-4)11(13)18-5)21-22(15,8-14)19-6;1-10(2)8(6-11)4-5-13-9(10)7-12-3;1-2/h8-12H,7H2,1-6H3;4-6,8-9H,7H2,1-3H3;1-2H3. The Morgan fingerprint density at radius 3 is 1.89 bits per heavy atom. The van der Waals surface area contributed by atoms with Crippen molar-refractivity contribution in [3.63, 3.8) is 0 Å². The van der Waals surface area contributed by atoms with Crippen LogP contribution in [0.25, 0.3) is 0 Å². The van der Waals surface area contributed by atoms with Crippen molar-refractivity contribution in [2.24, 2.45) is 16.7 Å². The number of methoxy groups -OCH3 is 4. The van der Waals surface area contributed by atoms with Gasteiger partial charge in [0.15, 0.2) is 6.29 Å². The summed E-state index contributed by atoms with van der Waals surface area (Å²) in [4.78, 5) is 21.7. The van der Waals surface area contributed by atoms with Gasteiger partial charge < -0.3 is 37.7 Å². The van der Waals surface area contributed by atoms with Gasteiger partial charge >= 0.3 is 7.60 Å². The molecule has 1 fully saturated rings. The van der Waals surface area contributed by atoms with E-state index in [0.717, 1.165) is 13.4 Å². The van der Waals surface area contributed by atoms with E-state index in [1.807, 2.05) is 41.5 Å². The molecule has 7 atom stereocenters. The van der Waals surface area contributed by atoms with Gasteiger partial charge in [-0.25, -0.2) is 0 Å². The highest BCUT2D eigenvalue weighted by atomic mass is 31.2. The summed E-state index contributed by atoms with van der Waals surface area (Å²) in [5, 5.41) is 0. The van der Waals surface area contributed by atoms with Crippen LogP contribution < -0.4 is 0 Å². The van der Waals surface area contributed by atoms with Gasteiger partial charge in [0.1, 0.15) is 18.5 Å². The summed E-state index contributed by atoms with van der Waals surface area (Å²) in [5.41, 5.74) is -0.643. The molecule has 0 N–H and O–H groups in total. The molecule has 0 aromatic carbocycles. The average molecular weight is 555 g/mol. The maximum absolute atomic E-state index is 12.1. The average Bonchev–Trinajstić information content (AvgIpc) is 2.88. The molecular formula is C25H47O11P. The number of hydrogen-bond donors (Lipinski definition) is 0. The van der Waals surface area contributed by atoms with E-state index in [1.54, 1.807) is 33.7 Å². The van der Waals surface area contributed by atoms with Crippen molar-refractivity contribution in [3.05, 3.63) is 12.3 Å². The molecule has 2 aliphatic heterocycles. The minimum Gasteiger partial charge on any atom is -0.495 e. The topological polar surface area (TPSA) is 125 Å². The zero-order valence-electron chi connectivity index (χ0n) is 24.1. The summed E-state index contributed by atoms with van der Waals surface area (Å²) < 4.78 is 54.4. The van der Waals surface area contributed by atoms with Gasteiger partial charge in [0, 0.05) is 52.3 Å². The predicted octanol–water partition coefficient (Wildman–Crippen LogP) is 3.87. The van der Waals surface area contributed by atoms with Gasteiger partial charge in [0.2, 0.25) is 6.03 Å². The van der Waals surface area contributed by atoms with Crippen molar-refractivity contribution in [3.8, 4) is 0 Å². The van der Waals surface area contributed by atoms with E-state index in [4.69, 9.17) is 32.9 Å². The van der Waals surface area contributed by atoms with E-state index in [-0.39, 0.29) is 30.1 Å². The largest absolute Gasteiger partial charge is 0.495 e. The van der Waals surface area contributed by atoms with Gasteiger partial charge in [0.25, 0.3) is 0 Å².